The molecule has 0 aliphatic heterocycles. The van der Waals surface area contributed by atoms with Gasteiger partial charge in [0.1, 0.15) is 5.58 Å². The molecule has 0 atom stereocenters. The molecule has 0 amide bonds. The van der Waals surface area contributed by atoms with Crippen molar-refractivity contribution in [1.82, 2.24) is 0 Å². The van der Waals surface area contributed by atoms with Gasteiger partial charge in [0, 0.05) is 16.0 Å². The largest absolute Gasteiger partial charge is 0.475 e. The Morgan fingerprint density at radius 2 is 1.90 bits per heavy atom. The van der Waals surface area contributed by atoms with Crippen LogP contribution in [0.3, 0.4) is 0 Å². The predicted octanol–water partition coefficient (Wildman–Crippen LogP) is 4.76. The second-order valence-corrected chi connectivity index (χ2v) is 5.01. The first kappa shape index (κ1) is 12.8. The van der Waals surface area contributed by atoms with Crippen molar-refractivity contribution >= 4 is 28.5 Å². The highest BCUT2D eigenvalue weighted by atomic mass is 35.5. The molecule has 4 heteroatoms. The number of aromatic carboxylic acids is 1. The molecule has 20 heavy (non-hydrogen) atoms. The van der Waals surface area contributed by atoms with Gasteiger partial charge in [0.05, 0.1) is 0 Å². The third-order valence-corrected chi connectivity index (χ3v) is 3.41. The quantitative estimate of drug-likeness (QED) is 0.739. The van der Waals surface area contributed by atoms with E-state index in [4.69, 9.17) is 16.0 Å². The standard InChI is InChI=1S/C16H11ClO3/c1-9-7-11(17)8-12-13(10-5-3-2-4-6-10)15(16(18)19)20-14(9)12/h2-8H,1H3,(H,18,19). The lowest BCUT2D eigenvalue weighted by molar-refractivity contribution is 0.0666. The van der Waals surface area contributed by atoms with Crippen molar-refractivity contribution < 1.29 is 14.3 Å². The summed E-state index contributed by atoms with van der Waals surface area (Å²) in [5, 5.41) is 10.6. The Morgan fingerprint density at radius 3 is 2.55 bits per heavy atom. The van der Waals surface area contributed by atoms with Crippen LogP contribution >= 0.6 is 11.6 Å². The summed E-state index contributed by atoms with van der Waals surface area (Å²) in [6.45, 7) is 1.85. The molecule has 0 fully saturated rings. The zero-order valence-electron chi connectivity index (χ0n) is 10.7. The lowest BCUT2D eigenvalue weighted by Gasteiger charge is -2.01. The lowest BCUT2D eigenvalue weighted by atomic mass is 10.0. The second kappa shape index (κ2) is 4.69. The fourth-order valence-corrected chi connectivity index (χ4v) is 2.64. The van der Waals surface area contributed by atoms with E-state index in [1.807, 2.05) is 37.3 Å². The maximum absolute atomic E-state index is 11.4. The van der Waals surface area contributed by atoms with E-state index in [1.54, 1.807) is 12.1 Å². The molecule has 3 nitrogen and oxygen atoms in total. The van der Waals surface area contributed by atoms with E-state index in [2.05, 4.69) is 0 Å². The van der Waals surface area contributed by atoms with E-state index >= 15 is 0 Å². The number of furan rings is 1. The molecule has 100 valence electrons. The maximum atomic E-state index is 11.4. The number of rotatable bonds is 2. The number of carboxylic acids is 1. The molecule has 0 aliphatic rings. The van der Waals surface area contributed by atoms with Gasteiger partial charge in [-0.3, -0.25) is 0 Å². The third-order valence-electron chi connectivity index (χ3n) is 3.20. The fraction of sp³-hybridized carbons (Fsp3) is 0.0625. The summed E-state index contributed by atoms with van der Waals surface area (Å²) in [6.07, 6.45) is 0. The van der Waals surface area contributed by atoms with Gasteiger partial charge in [-0.2, -0.15) is 0 Å². The summed E-state index contributed by atoms with van der Waals surface area (Å²) in [5.41, 5.74) is 2.74. The normalized spacial score (nSPS) is 10.9. The molecule has 0 saturated carbocycles. The first-order valence-corrected chi connectivity index (χ1v) is 6.47. The molecule has 0 saturated heterocycles. The average Bonchev–Trinajstić information content (AvgIpc) is 2.79. The van der Waals surface area contributed by atoms with Crippen LogP contribution in [0.5, 0.6) is 0 Å². The van der Waals surface area contributed by atoms with Gasteiger partial charge in [0.2, 0.25) is 5.76 Å². The van der Waals surface area contributed by atoms with Crippen LogP contribution in [0.15, 0.2) is 46.9 Å². The van der Waals surface area contributed by atoms with Crippen LogP contribution in [-0.4, -0.2) is 11.1 Å². The predicted molar refractivity (Wildman–Crippen MR) is 78.4 cm³/mol. The molecule has 0 bridgehead atoms. The SMILES string of the molecule is Cc1cc(Cl)cc2c(-c3ccccc3)c(C(=O)O)oc12. The number of carboxylic acid groups (broad SMARTS) is 1. The Hall–Kier alpha value is -2.26. The van der Waals surface area contributed by atoms with Crippen LogP contribution in [0, 0.1) is 6.92 Å². The number of hydrogen-bond acceptors (Lipinski definition) is 2. The molecule has 1 heterocycles. The average molecular weight is 287 g/mol. The summed E-state index contributed by atoms with van der Waals surface area (Å²) in [6, 6.07) is 12.8. The Kier molecular flexibility index (Phi) is 2.99. The van der Waals surface area contributed by atoms with Gasteiger partial charge in [0.15, 0.2) is 0 Å². The fourth-order valence-electron chi connectivity index (χ4n) is 2.37. The smallest absolute Gasteiger partial charge is 0.372 e. The van der Waals surface area contributed by atoms with E-state index in [0.717, 1.165) is 16.5 Å². The van der Waals surface area contributed by atoms with Crippen molar-refractivity contribution in [3.05, 3.63) is 58.8 Å². The lowest BCUT2D eigenvalue weighted by Crippen LogP contribution is -1.95. The van der Waals surface area contributed by atoms with Gasteiger partial charge in [-0.05, 0) is 30.2 Å². The van der Waals surface area contributed by atoms with Crippen molar-refractivity contribution in [3.8, 4) is 11.1 Å². The van der Waals surface area contributed by atoms with Crippen LogP contribution in [0.4, 0.5) is 0 Å². The number of halogens is 1. The van der Waals surface area contributed by atoms with E-state index in [1.165, 1.54) is 0 Å². The zero-order valence-corrected chi connectivity index (χ0v) is 11.4. The minimum atomic E-state index is -1.09. The molecule has 3 aromatic rings. The van der Waals surface area contributed by atoms with E-state index < -0.39 is 5.97 Å². The molecule has 3 rings (SSSR count). The van der Waals surface area contributed by atoms with Crippen molar-refractivity contribution in [1.29, 1.82) is 0 Å². The number of fused-ring (bicyclic) bond motifs is 1. The minimum absolute atomic E-state index is 0.0587. The molecule has 0 radical (unpaired) electrons. The third kappa shape index (κ3) is 1.96. The van der Waals surface area contributed by atoms with E-state index in [9.17, 15) is 9.90 Å². The molecule has 1 aromatic heterocycles. The monoisotopic (exact) mass is 286 g/mol. The summed E-state index contributed by atoms with van der Waals surface area (Å²) in [5.74, 6) is -1.15. The van der Waals surface area contributed by atoms with Crippen molar-refractivity contribution in [2.45, 2.75) is 6.92 Å². The number of carbonyl (C=O) groups is 1. The highest BCUT2D eigenvalue weighted by Gasteiger charge is 2.22. The van der Waals surface area contributed by atoms with Gasteiger partial charge in [0.25, 0.3) is 0 Å². The summed E-state index contributed by atoms with van der Waals surface area (Å²) in [7, 11) is 0. The van der Waals surface area contributed by atoms with Gasteiger partial charge in [-0.15, -0.1) is 0 Å². The van der Waals surface area contributed by atoms with E-state index in [0.29, 0.717) is 16.2 Å². The van der Waals surface area contributed by atoms with Gasteiger partial charge >= 0.3 is 5.97 Å². The van der Waals surface area contributed by atoms with Gasteiger partial charge in [-0.25, -0.2) is 4.79 Å². The molecule has 2 aromatic carbocycles. The molecular weight excluding hydrogens is 276 g/mol. The van der Waals surface area contributed by atoms with Crippen molar-refractivity contribution in [2.24, 2.45) is 0 Å². The first-order chi connectivity index (χ1) is 9.58. The van der Waals surface area contributed by atoms with Crippen molar-refractivity contribution in [3.63, 3.8) is 0 Å². The molecule has 1 N–H and O–H groups in total. The van der Waals surface area contributed by atoms with Crippen LogP contribution in [0.2, 0.25) is 5.02 Å². The highest BCUT2D eigenvalue weighted by molar-refractivity contribution is 6.31. The Labute approximate surface area is 120 Å². The van der Waals surface area contributed by atoms with Gasteiger partial charge in [-0.1, -0.05) is 41.9 Å². The van der Waals surface area contributed by atoms with Crippen LogP contribution in [0.25, 0.3) is 22.1 Å². The molecule has 0 unspecified atom stereocenters. The zero-order chi connectivity index (χ0) is 14.3. The number of aryl methyl sites for hydroxylation is 1. The van der Waals surface area contributed by atoms with E-state index in [-0.39, 0.29) is 5.76 Å². The van der Waals surface area contributed by atoms with Crippen LogP contribution < -0.4 is 0 Å². The Balaban J connectivity index is 2.44. The molecule has 0 aliphatic carbocycles. The molecular formula is C16H11ClO3. The first-order valence-electron chi connectivity index (χ1n) is 6.09. The number of benzene rings is 2. The topological polar surface area (TPSA) is 50.4 Å². The second-order valence-electron chi connectivity index (χ2n) is 4.58. The highest BCUT2D eigenvalue weighted by Crippen LogP contribution is 2.37. The van der Waals surface area contributed by atoms with Crippen LogP contribution in [-0.2, 0) is 0 Å². The molecule has 0 spiro atoms. The Morgan fingerprint density at radius 1 is 1.20 bits per heavy atom. The van der Waals surface area contributed by atoms with Gasteiger partial charge < -0.3 is 9.52 Å². The maximum Gasteiger partial charge on any atom is 0.372 e. The van der Waals surface area contributed by atoms with Crippen molar-refractivity contribution in [2.75, 3.05) is 0 Å². The summed E-state index contributed by atoms with van der Waals surface area (Å²) >= 11 is 6.08. The minimum Gasteiger partial charge on any atom is -0.475 e. The number of hydrogen-bond donors (Lipinski definition) is 1. The summed E-state index contributed by atoms with van der Waals surface area (Å²) in [4.78, 5) is 11.4. The summed E-state index contributed by atoms with van der Waals surface area (Å²) < 4.78 is 5.54. The van der Waals surface area contributed by atoms with Crippen LogP contribution in [0.1, 0.15) is 16.1 Å². The Bertz CT molecular complexity index is 803.